The SMILES string of the molecule is CC(C)(C)NC(=O)c1cc(CC(=O)Cc2ccc(C(C)(C)C)c([N+](=O)[O-])c2)ccn1. The molecule has 0 fully saturated rings. The average molecular weight is 412 g/mol. The molecule has 0 bridgehead atoms. The van der Waals surface area contributed by atoms with E-state index in [-0.39, 0.29) is 41.3 Å². The van der Waals surface area contributed by atoms with E-state index < -0.39 is 10.5 Å². The summed E-state index contributed by atoms with van der Waals surface area (Å²) in [5.41, 5.74) is 1.42. The fraction of sp³-hybridized carbons (Fsp3) is 0.435. The quantitative estimate of drug-likeness (QED) is 0.568. The molecule has 0 spiro atoms. The summed E-state index contributed by atoms with van der Waals surface area (Å²) in [4.78, 5) is 40.0. The number of hydrogen-bond acceptors (Lipinski definition) is 5. The van der Waals surface area contributed by atoms with E-state index >= 15 is 0 Å². The van der Waals surface area contributed by atoms with Gasteiger partial charge in [-0.25, -0.2) is 0 Å². The second-order valence-corrected chi connectivity index (χ2v) is 9.50. The van der Waals surface area contributed by atoms with E-state index in [1.165, 1.54) is 12.3 Å². The minimum atomic E-state index is -0.405. The van der Waals surface area contributed by atoms with Crippen LogP contribution < -0.4 is 5.32 Å². The van der Waals surface area contributed by atoms with Crippen molar-refractivity contribution in [3.05, 3.63) is 69.0 Å². The van der Waals surface area contributed by atoms with Gasteiger partial charge in [-0.3, -0.25) is 24.7 Å². The number of ketones is 1. The monoisotopic (exact) mass is 411 g/mol. The maximum atomic E-state index is 12.6. The third-order valence-corrected chi connectivity index (χ3v) is 4.41. The van der Waals surface area contributed by atoms with Crippen molar-refractivity contribution in [2.75, 3.05) is 0 Å². The van der Waals surface area contributed by atoms with Gasteiger partial charge in [-0.15, -0.1) is 0 Å². The normalized spacial score (nSPS) is 11.8. The maximum Gasteiger partial charge on any atom is 0.273 e. The molecule has 0 aliphatic rings. The van der Waals surface area contributed by atoms with E-state index in [4.69, 9.17) is 0 Å². The Morgan fingerprint density at radius 1 is 1.00 bits per heavy atom. The van der Waals surface area contributed by atoms with Crippen LogP contribution in [0.15, 0.2) is 36.5 Å². The molecule has 1 aromatic heterocycles. The van der Waals surface area contributed by atoms with E-state index in [0.717, 1.165) is 0 Å². The lowest BCUT2D eigenvalue weighted by Gasteiger charge is -2.20. The van der Waals surface area contributed by atoms with Gasteiger partial charge < -0.3 is 5.32 Å². The second-order valence-electron chi connectivity index (χ2n) is 9.50. The fourth-order valence-electron chi connectivity index (χ4n) is 3.10. The predicted molar refractivity (Wildman–Crippen MR) is 116 cm³/mol. The van der Waals surface area contributed by atoms with Crippen LogP contribution >= 0.6 is 0 Å². The first-order valence-electron chi connectivity index (χ1n) is 9.83. The van der Waals surface area contributed by atoms with Crippen molar-refractivity contribution in [3.63, 3.8) is 0 Å². The Kier molecular flexibility index (Phi) is 6.75. The number of benzene rings is 1. The summed E-state index contributed by atoms with van der Waals surface area (Å²) in [5.74, 6) is -0.397. The number of hydrogen-bond donors (Lipinski definition) is 1. The number of amides is 1. The van der Waals surface area contributed by atoms with E-state index in [2.05, 4.69) is 10.3 Å². The van der Waals surface area contributed by atoms with Crippen LogP contribution in [-0.2, 0) is 23.1 Å². The Morgan fingerprint density at radius 2 is 1.60 bits per heavy atom. The summed E-state index contributed by atoms with van der Waals surface area (Å²) in [6, 6.07) is 8.26. The minimum absolute atomic E-state index is 0.0258. The maximum absolute atomic E-state index is 12.6. The van der Waals surface area contributed by atoms with Gasteiger partial charge in [0, 0.05) is 36.2 Å². The van der Waals surface area contributed by atoms with Gasteiger partial charge in [-0.2, -0.15) is 0 Å². The third kappa shape index (κ3) is 6.47. The number of nitrogens with one attached hydrogen (secondary N) is 1. The van der Waals surface area contributed by atoms with Crippen molar-refractivity contribution in [2.24, 2.45) is 0 Å². The van der Waals surface area contributed by atoms with Gasteiger partial charge in [0.15, 0.2) is 0 Å². The molecule has 1 N–H and O–H groups in total. The Hall–Kier alpha value is -3.09. The molecule has 2 aromatic rings. The highest BCUT2D eigenvalue weighted by molar-refractivity contribution is 5.93. The molecular weight excluding hydrogens is 382 g/mol. The van der Waals surface area contributed by atoms with Crippen molar-refractivity contribution in [1.82, 2.24) is 10.3 Å². The zero-order chi connectivity index (χ0) is 22.7. The molecule has 2 rings (SSSR count). The highest BCUT2D eigenvalue weighted by Gasteiger charge is 2.25. The summed E-state index contributed by atoms with van der Waals surface area (Å²) >= 11 is 0. The van der Waals surface area contributed by atoms with Gasteiger partial charge in [-0.1, -0.05) is 32.9 Å². The van der Waals surface area contributed by atoms with Crippen molar-refractivity contribution in [3.8, 4) is 0 Å². The van der Waals surface area contributed by atoms with Gasteiger partial charge in [0.25, 0.3) is 11.6 Å². The molecule has 0 unspecified atom stereocenters. The van der Waals surface area contributed by atoms with Crippen molar-refractivity contribution >= 4 is 17.4 Å². The van der Waals surface area contributed by atoms with Crippen LogP contribution in [0.2, 0.25) is 0 Å². The predicted octanol–water partition coefficient (Wildman–Crippen LogP) is 4.17. The van der Waals surface area contributed by atoms with Crippen LogP contribution in [0.25, 0.3) is 0 Å². The molecule has 7 nitrogen and oxygen atoms in total. The number of aromatic nitrogens is 1. The Balaban J connectivity index is 2.15. The van der Waals surface area contributed by atoms with Gasteiger partial charge in [0.2, 0.25) is 0 Å². The van der Waals surface area contributed by atoms with Crippen molar-refractivity contribution < 1.29 is 14.5 Å². The third-order valence-electron chi connectivity index (χ3n) is 4.41. The molecule has 160 valence electrons. The minimum Gasteiger partial charge on any atom is -0.346 e. The lowest BCUT2D eigenvalue weighted by molar-refractivity contribution is -0.386. The number of rotatable bonds is 6. The highest BCUT2D eigenvalue weighted by atomic mass is 16.6. The Morgan fingerprint density at radius 3 is 2.13 bits per heavy atom. The summed E-state index contributed by atoms with van der Waals surface area (Å²) in [6.45, 7) is 11.4. The number of nitro groups is 1. The largest absolute Gasteiger partial charge is 0.346 e. The molecule has 1 heterocycles. The zero-order valence-corrected chi connectivity index (χ0v) is 18.4. The van der Waals surface area contributed by atoms with Crippen LogP contribution in [0.4, 0.5) is 5.69 Å². The first-order chi connectivity index (χ1) is 13.8. The molecule has 7 heteroatoms. The number of nitro benzene ring substituents is 1. The number of Topliss-reactive ketones (excluding diaryl/α,β-unsaturated/α-hetero) is 1. The van der Waals surface area contributed by atoms with E-state index in [1.54, 1.807) is 24.3 Å². The topological polar surface area (TPSA) is 102 Å². The standard InChI is InChI=1S/C23H29N3O4/c1-22(2,3)18-8-7-15(14-20(18)26(29)30)11-17(27)12-16-9-10-24-19(13-16)21(28)25-23(4,5)6/h7-10,13-14H,11-12H2,1-6H3,(H,25,28). The van der Waals surface area contributed by atoms with Gasteiger partial charge in [0.1, 0.15) is 11.5 Å². The molecule has 0 aliphatic carbocycles. The number of pyridine rings is 1. The van der Waals surface area contributed by atoms with E-state index in [1.807, 2.05) is 41.5 Å². The lowest BCUT2D eigenvalue weighted by atomic mass is 9.85. The number of nitrogens with zero attached hydrogens (tertiary/aromatic N) is 2. The van der Waals surface area contributed by atoms with E-state index in [9.17, 15) is 19.7 Å². The van der Waals surface area contributed by atoms with Gasteiger partial charge >= 0.3 is 0 Å². The summed E-state index contributed by atoms with van der Waals surface area (Å²) in [5, 5.41) is 14.3. The molecule has 1 aromatic carbocycles. The van der Waals surface area contributed by atoms with Crippen molar-refractivity contribution in [1.29, 1.82) is 0 Å². The average Bonchev–Trinajstić information content (AvgIpc) is 2.59. The van der Waals surface area contributed by atoms with Crippen LogP contribution in [0.1, 0.15) is 68.7 Å². The van der Waals surface area contributed by atoms with Crippen LogP contribution in [0.3, 0.4) is 0 Å². The molecule has 0 aliphatic heterocycles. The lowest BCUT2D eigenvalue weighted by Crippen LogP contribution is -2.40. The van der Waals surface area contributed by atoms with Gasteiger partial charge in [-0.05, 0) is 49.4 Å². The summed E-state index contributed by atoms with van der Waals surface area (Å²) in [6.07, 6.45) is 1.70. The zero-order valence-electron chi connectivity index (χ0n) is 18.4. The van der Waals surface area contributed by atoms with Gasteiger partial charge in [0.05, 0.1) is 4.92 Å². The Bertz CT molecular complexity index is 969. The first-order valence-corrected chi connectivity index (χ1v) is 9.83. The second kappa shape index (κ2) is 8.73. The summed E-state index contributed by atoms with van der Waals surface area (Å²) < 4.78 is 0. The van der Waals surface area contributed by atoms with Crippen LogP contribution in [0, 0.1) is 10.1 Å². The smallest absolute Gasteiger partial charge is 0.273 e. The number of carbonyl (C=O) groups is 2. The highest BCUT2D eigenvalue weighted by Crippen LogP contribution is 2.32. The Labute approximate surface area is 177 Å². The molecule has 0 saturated heterocycles. The summed E-state index contributed by atoms with van der Waals surface area (Å²) in [7, 11) is 0. The molecular formula is C23H29N3O4. The molecule has 0 atom stereocenters. The van der Waals surface area contributed by atoms with Crippen LogP contribution in [-0.4, -0.2) is 27.1 Å². The molecule has 0 radical (unpaired) electrons. The molecule has 30 heavy (non-hydrogen) atoms. The first kappa shape index (κ1) is 23.2. The fourth-order valence-corrected chi connectivity index (χ4v) is 3.10. The van der Waals surface area contributed by atoms with E-state index in [0.29, 0.717) is 16.7 Å². The van der Waals surface area contributed by atoms with Crippen molar-refractivity contribution in [2.45, 2.75) is 65.3 Å². The van der Waals surface area contributed by atoms with Crippen LogP contribution in [0.5, 0.6) is 0 Å². The number of carbonyl (C=O) groups excluding carboxylic acids is 2. The molecule has 0 saturated carbocycles. The molecule has 1 amide bonds.